The monoisotopic (exact) mass is 288 g/mol. The Bertz CT molecular complexity index is 689. The maximum absolute atomic E-state index is 11.7. The zero-order valence-corrected chi connectivity index (χ0v) is 11.5. The third kappa shape index (κ3) is 3.08. The van der Waals surface area contributed by atoms with Crippen molar-refractivity contribution in [2.75, 3.05) is 13.2 Å². The Morgan fingerprint density at radius 1 is 1.29 bits per heavy atom. The standard InChI is InChI=1S/C16H16O5/c17-9-13-8-14(18)16(10-21-13)20-5-3-11-1-2-15-12(7-11)4-6-19-15/h1-2,7-8,10,17H,3-6,9H2. The average molecular weight is 288 g/mol. The number of fused-ring (bicyclic) bond motifs is 1. The molecule has 1 aliphatic rings. The van der Waals surface area contributed by atoms with Crippen LogP contribution in [0.15, 0.2) is 39.7 Å². The molecule has 5 heteroatoms. The molecule has 21 heavy (non-hydrogen) atoms. The van der Waals surface area contributed by atoms with E-state index in [1.165, 1.54) is 17.9 Å². The molecule has 110 valence electrons. The molecule has 2 heterocycles. The van der Waals surface area contributed by atoms with Crippen LogP contribution in [0.5, 0.6) is 11.5 Å². The minimum Gasteiger partial charge on any atom is -0.493 e. The predicted molar refractivity (Wildman–Crippen MR) is 75.7 cm³/mol. The smallest absolute Gasteiger partial charge is 0.227 e. The fourth-order valence-electron chi connectivity index (χ4n) is 2.30. The van der Waals surface area contributed by atoms with E-state index in [-0.39, 0.29) is 23.5 Å². The van der Waals surface area contributed by atoms with Gasteiger partial charge in [-0.25, -0.2) is 0 Å². The first-order valence-corrected chi connectivity index (χ1v) is 6.86. The lowest BCUT2D eigenvalue weighted by Crippen LogP contribution is -2.10. The van der Waals surface area contributed by atoms with Gasteiger partial charge in [0.2, 0.25) is 11.2 Å². The highest BCUT2D eigenvalue weighted by Crippen LogP contribution is 2.26. The molecule has 0 amide bonds. The molecule has 0 bridgehead atoms. The lowest BCUT2D eigenvalue weighted by molar-refractivity contribution is 0.237. The van der Waals surface area contributed by atoms with Gasteiger partial charge in [-0.15, -0.1) is 0 Å². The molecular weight excluding hydrogens is 272 g/mol. The van der Waals surface area contributed by atoms with Crippen molar-refractivity contribution in [1.82, 2.24) is 0 Å². The third-order valence-corrected chi connectivity index (χ3v) is 3.41. The zero-order chi connectivity index (χ0) is 14.7. The van der Waals surface area contributed by atoms with Crippen LogP contribution in [0.2, 0.25) is 0 Å². The van der Waals surface area contributed by atoms with Gasteiger partial charge in [-0.3, -0.25) is 4.79 Å². The molecule has 1 aromatic carbocycles. The molecule has 0 fully saturated rings. The molecule has 5 nitrogen and oxygen atoms in total. The van der Waals surface area contributed by atoms with E-state index in [0.29, 0.717) is 13.0 Å². The van der Waals surface area contributed by atoms with Crippen LogP contribution in [-0.4, -0.2) is 18.3 Å². The Balaban J connectivity index is 1.60. The van der Waals surface area contributed by atoms with E-state index in [0.717, 1.165) is 24.3 Å². The van der Waals surface area contributed by atoms with E-state index in [1.807, 2.05) is 12.1 Å². The molecule has 0 unspecified atom stereocenters. The summed E-state index contributed by atoms with van der Waals surface area (Å²) in [6.45, 7) is 0.836. The lowest BCUT2D eigenvalue weighted by atomic mass is 10.1. The minimum atomic E-state index is -0.299. The largest absolute Gasteiger partial charge is 0.493 e. The summed E-state index contributed by atoms with van der Waals surface area (Å²) in [5.41, 5.74) is 2.09. The normalized spacial score (nSPS) is 12.8. The van der Waals surface area contributed by atoms with Crippen molar-refractivity contribution in [1.29, 1.82) is 0 Å². The molecule has 1 aliphatic heterocycles. The fraction of sp³-hybridized carbons (Fsp3) is 0.312. The molecule has 0 aliphatic carbocycles. The molecule has 0 atom stereocenters. The average Bonchev–Trinajstić information content (AvgIpc) is 2.96. The van der Waals surface area contributed by atoms with Gasteiger partial charge >= 0.3 is 0 Å². The van der Waals surface area contributed by atoms with Crippen LogP contribution in [0.3, 0.4) is 0 Å². The summed E-state index contributed by atoms with van der Waals surface area (Å²) in [4.78, 5) is 11.7. The van der Waals surface area contributed by atoms with Crippen LogP contribution in [0.25, 0.3) is 0 Å². The van der Waals surface area contributed by atoms with Crippen molar-refractivity contribution in [3.63, 3.8) is 0 Å². The Labute approximate surface area is 121 Å². The molecule has 0 saturated carbocycles. The highest BCUT2D eigenvalue weighted by molar-refractivity contribution is 5.39. The van der Waals surface area contributed by atoms with Gasteiger partial charge in [0.25, 0.3) is 0 Å². The maximum Gasteiger partial charge on any atom is 0.227 e. The predicted octanol–water partition coefficient (Wildman–Crippen LogP) is 1.69. The highest BCUT2D eigenvalue weighted by atomic mass is 16.5. The van der Waals surface area contributed by atoms with Gasteiger partial charge in [0.05, 0.1) is 13.2 Å². The number of ether oxygens (including phenoxy) is 2. The van der Waals surface area contributed by atoms with Gasteiger partial charge in [-0.2, -0.15) is 0 Å². The number of rotatable bonds is 5. The number of hydrogen-bond donors (Lipinski definition) is 1. The summed E-state index contributed by atoms with van der Waals surface area (Å²) in [5.74, 6) is 1.35. The molecule has 3 rings (SSSR count). The summed E-state index contributed by atoms with van der Waals surface area (Å²) >= 11 is 0. The highest BCUT2D eigenvalue weighted by Gasteiger charge is 2.12. The molecule has 0 saturated heterocycles. The molecule has 0 radical (unpaired) electrons. The summed E-state index contributed by atoms with van der Waals surface area (Å²) in [7, 11) is 0. The lowest BCUT2D eigenvalue weighted by Gasteiger charge is -2.07. The summed E-state index contributed by atoms with van der Waals surface area (Å²) in [6.07, 6.45) is 2.88. The Morgan fingerprint density at radius 2 is 2.19 bits per heavy atom. The summed E-state index contributed by atoms with van der Waals surface area (Å²) < 4.78 is 16.0. The summed E-state index contributed by atoms with van der Waals surface area (Å²) in [5, 5.41) is 8.87. The minimum absolute atomic E-state index is 0.164. The van der Waals surface area contributed by atoms with E-state index in [9.17, 15) is 4.79 Å². The van der Waals surface area contributed by atoms with Crippen molar-refractivity contribution in [3.8, 4) is 11.5 Å². The van der Waals surface area contributed by atoms with Gasteiger partial charge in [0.1, 0.15) is 24.4 Å². The Kier molecular flexibility index (Phi) is 3.92. The van der Waals surface area contributed by atoms with Gasteiger partial charge in [0.15, 0.2) is 0 Å². The number of hydrogen-bond acceptors (Lipinski definition) is 5. The van der Waals surface area contributed by atoms with Crippen LogP contribution in [0.4, 0.5) is 0 Å². The van der Waals surface area contributed by atoms with Crippen molar-refractivity contribution >= 4 is 0 Å². The summed E-state index contributed by atoms with van der Waals surface area (Å²) in [6, 6.07) is 7.33. The van der Waals surface area contributed by atoms with Crippen LogP contribution in [0.1, 0.15) is 16.9 Å². The van der Waals surface area contributed by atoms with E-state index in [1.54, 1.807) is 0 Å². The van der Waals surface area contributed by atoms with E-state index < -0.39 is 0 Å². The first-order valence-electron chi connectivity index (χ1n) is 6.86. The van der Waals surface area contributed by atoms with Gasteiger partial charge < -0.3 is 19.0 Å². The molecule has 1 N–H and O–H groups in total. The Morgan fingerprint density at radius 3 is 3.00 bits per heavy atom. The number of aliphatic hydroxyl groups is 1. The molecule has 0 spiro atoms. The van der Waals surface area contributed by atoms with E-state index >= 15 is 0 Å². The van der Waals surface area contributed by atoms with Gasteiger partial charge in [-0.1, -0.05) is 12.1 Å². The zero-order valence-electron chi connectivity index (χ0n) is 11.5. The second-order valence-corrected chi connectivity index (χ2v) is 4.87. The van der Waals surface area contributed by atoms with Gasteiger partial charge in [0, 0.05) is 18.9 Å². The second kappa shape index (κ2) is 6.01. The third-order valence-electron chi connectivity index (χ3n) is 3.41. The molecule has 1 aromatic heterocycles. The number of benzene rings is 1. The van der Waals surface area contributed by atoms with Crippen LogP contribution in [0, 0.1) is 0 Å². The van der Waals surface area contributed by atoms with E-state index in [4.69, 9.17) is 19.0 Å². The SMILES string of the molecule is O=c1cc(CO)occ1OCCc1ccc2c(c1)CCO2. The first kappa shape index (κ1) is 13.7. The van der Waals surface area contributed by atoms with E-state index in [2.05, 4.69) is 6.07 Å². The fourth-order valence-corrected chi connectivity index (χ4v) is 2.30. The van der Waals surface area contributed by atoms with Crippen molar-refractivity contribution < 1.29 is 19.0 Å². The molecule has 2 aromatic rings. The number of aliphatic hydroxyl groups excluding tert-OH is 1. The second-order valence-electron chi connectivity index (χ2n) is 4.87. The molecular formula is C16H16O5. The van der Waals surface area contributed by atoms with Crippen molar-refractivity contribution in [2.24, 2.45) is 0 Å². The quantitative estimate of drug-likeness (QED) is 0.906. The van der Waals surface area contributed by atoms with Gasteiger partial charge in [-0.05, 0) is 17.2 Å². The van der Waals surface area contributed by atoms with Crippen molar-refractivity contribution in [3.05, 3.63) is 57.6 Å². The Hall–Kier alpha value is -2.27. The van der Waals surface area contributed by atoms with Crippen LogP contribution < -0.4 is 14.9 Å². The van der Waals surface area contributed by atoms with Crippen LogP contribution in [-0.2, 0) is 19.4 Å². The maximum atomic E-state index is 11.7. The topological polar surface area (TPSA) is 68.9 Å². The first-order chi connectivity index (χ1) is 10.3. The van der Waals surface area contributed by atoms with Crippen molar-refractivity contribution in [2.45, 2.75) is 19.4 Å². The van der Waals surface area contributed by atoms with Crippen LogP contribution >= 0.6 is 0 Å².